The smallest absolute Gasteiger partial charge is 0.262 e. The first-order valence-corrected chi connectivity index (χ1v) is 8.52. The van der Waals surface area contributed by atoms with Crippen LogP contribution in [0.5, 0.6) is 0 Å². The van der Waals surface area contributed by atoms with Gasteiger partial charge in [-0.25, -0.2) is 9.67 Å². The van der Waals surface area contributed by atoms with Gasteiger partial charge in [0, 0.05) is 24.4 Å². The van der Waals surface area contributed by atoms with E-state index >= 15 is 0 Å². The fourth-order valence-corrected chi connectivity index (χ4v) is 3.36. The molecule has 3 heterocycles. The van der Waals surface area contributed by atoms with Gasteiger partial charge in [-0.15, -0.1) is 5.10 Å². The zero-order valence-electron chi connectivity index (χ0n) is 13.4. The van der Waals surface area contributed by atoms with E-state index in [0.717, 1.165) is 31.4 Å². The average molecular weight is 358 g/mol. The Hall–Kier alpha value is -2.67. The number of pyridine rings is 1. The number of hydrogen-bond acceptors (Lipinski definition) is 5. The van der Waals surface area contributed by atoms with Crippen molar-refractivity contribution in [3.8, 4) is 5.82 Å². The highest BCUT2D eigenvalue weighted by atomic mass is 35.5. The Morgan fingerprint density at radius 3 is 2.96 bits per heavy atom. The summed E-state index contributed by atoms with van der Waals surface area (Å²) in [5, 5.41) is 11.6. The van der Waals surface area contributed by atoms with E-state index in [9.17, 15) is 4.79 Å². The Balaban J connectivity index is 1.53. The number of halogens is 1. The lowest BCUT2D eigenvalue weighted by molar-refractivity contribution is 0.102. The second-order valence-corrected chi connectivity index (χ2v) is 6.41. The van der Waals surface area contributed by atoms with E-state index in [4.69, 9.17) is 16.1 Å². The molecule has 4 rings (SSSR count). The molecule has 3 aromatic heterocycles. The SMILES string of the molecule is O=C(Nc1ccn(-c2ncccc2Cl)n1)c1conc1C1CCCC1. The molecular formula is C17H16ClN5O2. The third-order valence-corrected chi connectivity index (χ3v) is 4.67. The topological polar surface area (TPSA) is 85.8 Å². The molecule has 1 saturated carbocycles. The van der Waals surface area contributed by atoms with Crippen LogP contribution in [0.15, 0.2) is 41.4 Å². The van der Waals surface area contributed by atoms with Crippen molar-refractivity contribution in [3.63, 3.8) is 0 Å². The molecular weight excluding hydrogens is 342 g/mol. The monoisotopic (exact) mass is 357 g/mol. The standard InChI is InChI=1S/C17H16ClN5O2/c18-13-6-3-8-19-16(13)23-9-7-14(21-23)20-17(24)12-10-25-22-15(12)11-4-1-2-5-11/h3,6-11H,1-2,4-5H2,(H,20,21,24). The van der Waals surface area contributed by atoms with Crippen LogP contribution in [0.3, 0.4) is 0 Å². The van der Waals surface area contributed by atoms with E-state index < -0.39 is 0 Å². The molecule has 7 nitrogen and oxygen atoms in total. The lowest BCUT2D eigenvalue weighted by atomic mass is 10.0. The third kappa shape index (κ3) is 3.15. The van der Waals surface area contributed by atoms with Gasteiger partial charge in [-0.3, -0.25) is 4.79 Å². The number of carbonyl (C=O) groups excluding carboxylic acids is 1. The van der Waals surface area contributed by atoms with Crippen LogP contribution in [0.1, 0.15) is 47.7 Å². The van der Waals surface area contributed by atoms with Crippen molar-refractivity contribution in [2.24, 2.45) is 0 Å². The highest BCUT2D eigenvalue weighted by Crippen LogP contribution is 2.35. The summed E-state index contributed by atoms with van der Waals surface area (Å²) in [4.78, 5) is 16.8. The number of nitrogens with zero attached hydrogens (tertiary/aromatic N) is 4. The van der Waals surface area contributed by atoms with Crippen molar-refractivity contribution in [1.82, 2.24) is 19.9 Å². The molecule has 1 aliphatic carbocycles. The number of rotatable bonds is 4. The molecule has 0 radical (unpaired) electrons. The summed E-state index contributed by atoms with van der Waals surface area (Å²) < 4.78 is 6.56. The summed E-state index contributed by atoms with van der Waals surface area (Å²) in [7, 11) is 0. The molecule has 0 aromatic carbocycles. The molecule has 0 saturated heterocycles. The summed E-state index contributed by atoms with van der Waals surface area (Å²) in [6.45, 7) is 0. The van der Waals surface area contributed by atoms with Crippen LogP contribution in [-0.2, 0) is 0 Å². The summed E-state index contributed by atoms with van der Waals surface area (Å²) in [6.07, 6.45) is 9.12. The molecule has 1 N–H and O–H groups in total. The zero-order valence-corrected chi connectivity index (χ0v) is 14.1. The summed E-state index contributed by atoms with van der Waals surface area (Å²) in [5.74, 6) is 0.927. The van der Waals surface area contributed by atoms with Gasteiger partial charge in [0.15, 0.2) is 11.6 Å². The van der Waals surface area contributed by atoms with Crippen LogP contribution in [-0.4, -0.2) is 25.8 Å². The van der Waals surface area contributed by atoms with Gasteiger partial charge in [0.25, 0.3) is 5.91 Å². The molecule has 1 fully saturated rings. The second kappa shape index (κ2) is 6.68. The van der Waals surface area contributed by atoms with E-state index in [-0.39, 0.29) is 5.91 Å². The predicted octanol–water partition coefficient (Wildman–Crippen LogP) is 3.82. The highest BCUT2D eigenvalue weighted by Gasteiger charge is 2.26. The van der Waals surface area contributed by atoms with Crippen LogP contribution < -0.4 is 5.32 Å². The van der Waals surface area contributed by atoms with Crippen molar-refractivity contribution < 1.29 is 9.32 Å². The first-order chi connectivity index (χ1) is 12.2. The molecule has 0 bridgehead atoms. The van der Waals surface area contributed by atoms with E-state index in [0.29, 0.717) is 28.1 Å². The molecule has 0 unspecified atom stereocenters. The Bertz CT molecular complexity index is 898. The molecule has 1 aliphatic rings. The maximum absolute atomic E-state index is 12.6. The Labute approximate surface area is 149 Å². The summed E-state index contributed by atoms with van der Waals surface area (Å²) in [5.41, 5.74) is 1.21. The minimum absolute atomic E-state index is 0.277. The number of carbonyl (C=O) groups is 1. The lowest BCUT2D eigenvalue weighted by Crippen LogP contribution is -2.15. The fraction of sp³-hybridized carbons (Fsp3) is 0.294. The quantitative estimate of drug-likeness (QED) is 0.767. The maximum atomic E-state index is 12.6. The van der Waals surface area contributed by atoms with E-state index in [1.165, 1.54) is 10.9 Å². The fourth-order valence-electron chi connectivity index (χ4n) is 3.15. The second-order valence-electron chi connectivity index (χ2n) is 6.00. The van der Waals surface area contributed by atoms with Crippen LogP contribution in [0.4, 0.5) is 5.82 Å². The Morgan fingerprint density at radius 2 is 2.16 bits per heavy atom. The van der Waals surface area contributed by atoms with E-state index in [1.54, 1.807) is 30.6 Å². The molecule has 0 aliphatic heterocycles. The molecule has 1 amide bonds. The predicted molar refractivity (Wildman–Crippen MR) is 92.0 cm³/mol. The van der Waals surface area contributed by atoms with Crippen LogP contribution in [0.25, 0.3) is 5.82 Å². The van der Waals surface area contributed by atoms with Gasteiger partial charge in [0.1, 0.15) is 11.8 Å². The van der Waals surface area contributed by atoms with Gasteiger partial charge in [0.2, 0.25) is 0 Å². The number of hydrogen-bond donors (Lipinski definition) is 1. The number of amides is 1. The minimum Gasteiger partial charge on any atom is -0.364 e. The molecule has 128 valence electrons. The first kappa shape index (κ1) is 15.8. The summed E-state index contributed by atoms with van der Waals surface area (Å²) >= 11 is 6.12. The van der Waals surface area contributed by atoms with Gasteiger partial charge in [-0.2, -0.15) is 0 Å². The lowest BCUT2D eigenvalue weighted by Gasteiger charge is -2.07. The van der Waals surface area contributed by atoms with Crippen molar-refractivity contribution >= 4 is 23.3 Å². The van der Waals surface area contributed by atoms with Crippen LogP contribution >= 0.6 is 11.6 Å². The van der Waals surface area contributed by atoms with Gasteiger partial charge in [-0.05, 0) is 25.0 Å². The molecule has 8 heteroatoms. The van der Waals surface area contributed by atoms with Crippen molar-refractivity contribution in [2.45, 2.75) is 31.6 Å². The third-order valence-electron chi connectivity index (χ3n) is 4.37. The van der Waals surface area contributed by atoms with Gasteiger partial charge < -0.3 is 9.84 Å². The molecule has 25 heavy (non-hydrogen) atoms. The van der Waals surface area contributed by atoms with Crippen LogP contribution in [0.2, 0.25) is 5.02 Å². The molecule has 0 spiro atoms. The van der Waals surface area contributed by atoms with Crippen LogP contribution in [0, 0.1) is 0 Å². The first-order valence-electron chi connectivity index (χ1n) is 8.14. The van der Waals surface area contributed by atoms with E-state index in [1.807, 2.05) is 0 Å². The zero-order chi connectivity index (χ0) is 17.2. The maximum Gasteiger partial charge on any atom is 0.262 e. The molecule has 0 atom stereocenters. The minimum atomic E-state index is -0.277. The number of nitrogens with one attached hydrogen (secondary N) is 1. The summed E-state index contributed by atoms with van der Waals surface area (Å²) in [6, 6.07) is 5.16. The van der Waals surface area contributed by atoms with Crippen molar-refractivity contribution in [2.75, 3.05) is 5.32 Å². The van der Waals surface area contributed by atoms with E-state index in [2.05, 4.69) is 20.6 Å². The Morgan fingerprint density at radius 1 is 1.32 bits per heavy atom. The highest BCUT2D eigenvalue weighted by molar-refractivity contribution is 6.32. The average Bonchev–Trinajstić information content (AvgIpc) is 3.36. The van der Waals surface area contributed by atoms with Crippen molar-refractivity contribution in [1.29, 1.82) is 0 Å². The van der Waals surface area contributed by atoms with Crippen molar-refractivity contribution in [3.05, 3.63) is 53.1 Å². The van der Waals surface area contributed by atoms with Gasteiger partial charge in [-0.1, -0.05) is 29.6 Å². The molecule has 3 aromatic rings. The van der Waals surface area contributed by atoms with Gasteiger partial charge >= 0.3 is 0 Å². The Kier molecular flexibility index (Phi) is 4.23. The normalized spacial score (nSPS) is 14.8. The number of aromatic nitrogens is 4. The number of anilines is 1. The van der Waals surface area contributed by atoms with Gasteiger partial charge in [0.05, 0.1) is 10.7 Å². The largest absolute Gasteiger partial charge is 0.364 e.